The van der Waals surface area contributed by atoms with Crippen molar-refractivity contribution in [1.29, 1.82) is 0 Å². The predicted octanol–water partition coefficient (Wildman–Crippen LogP) is 3.87. The molecule has 11 heavy (non-hydrogen) atoms. The Morgan fingerprint density at radius 2 is 1.45 bits per heavy atom. The van der Waals surface area contributed by atoms with Gasteiger partial charge in [0.15, 0.2) is 0 Å². The molecule has 0 atom stereocenters. The summed E-state index contributed by atoms with van der Waals surface area (Å²) in [6.45, 7) is 10.6. The van der Waals surface area contributed by atoms with Gasteiger partial charge in [-0.25, -0.2) is 0 Å². The van der Waals surface area contributed by atoms with Crippen molar-refractivity contribution in [3.05, 3.63) is 34.9 Å². The zero-order valence-corrected chi connectivity index (χ0v) is 8.23. The second-order valence-electron chi connectivity index (χ2n) is 3.05. The summed E-state index contributed by atoms with van der Waals surface area (Å²) in [5.74, 6) is 0. The molecule has 0 aromatic rings. The van der Waals surface area contributed by atoms with Crippen LogP contribution < -0.4 is 0 Å². The zero-order valence-electron chi connectivity index (χ0n) is 8.23. The van der Waals surface area contributed by atoms with Gasteiger partial charge in [0.2, 0.25) is 0 Å². The topological polar surface area (TPSA) is 0 Å². The maximum Gasteiger partial charge on any atom is -0.0398 e. The molecule has 0 aromatic heterocycles. The molecule has 0 amide bonds. The Morgan fingerprint density at radius 1 is 0.909 bits per heavy atom. The van der Waals surface area contributed by atoms with E-state index in [-0.39, 0.29) is 0 Å². The van der Waals surface area contributed by atoms with Crippen LogP contribution in [0.15, 0.2) is 34.9 Å². The smallest absolute Gasteiger partial charge is 0.0398 e. The fraction of sp³-hybridized carbons (Fsp3) is 0.455. The van der Waals surface area contributed by atoms with E-state index in [0.717, 1.165) is 0 Å². The van der Waals surface area contributed by atoms with Gasteiger partial charge in [-0.05, 0) is 34.6 Å². The lowest BCUT2D eigenvalue weighted by Gasteiger charge is -1.94. The number of rotatable bonds is 2. The molecular formula is C11H18. The molecule has 0 fully saturated rings. The first-order valence-electron chi connectivity index (χ1n) is 4.03. The zero-order chi connectivity index (χ0) is 8.85. The predicted molar refractivity (Wildman–Crippen MR) is 52.6 cm³/mol. The molecule has 0 bridgehead atoms. The fourth-order valence-electron chi connectivity index (χ4n) is 0.519. The molecule has 0 unspecified atom stereocenters. The van der Waals surface area contributed by atoms with Crippen molar-refractivity contribution in [3.8, 4) is 0 Å². The molecule has 0 aromatic carbocycles. The van der Waals surface area contributed by atoms with E-state index in [0.29, 0.717) is 0 Å². The highest BCUT2D eigenvalue weighted by atomic mass is 13.9. The lowest BCUT2D eigenvalue weighted by molar-refractivity contribution is 1.29. The Kier molecular flexibility index (Phi) is 4.60. The first-order valence-corrected chi connectivity index (χ1v) is 4.03. The van der Waals surface area contributed by atoms with Gasteiger partial charge >= 0.3 is 0 Å². The second-order valence-corrected chi connectivity index (χ2v) is 3.05. The minimum atomic E-state index is 1.31. The van der Waals surface area contributed by atoms with E-state index in [4.69, 9.17) is 0 Å². The van der Waals surface area contributed by atoms with Crippen LogP contribution in [0.2, 0.25) is 0 Å². The van der Waals surface area contributed by atoms with E-state index in [1.807, 2.05) is 0 Å². The summed E-state index contributed by atoms with van der Waals surface area (Å²) in [7, 11) is 0. The van der Waals surface area contributed by atoms with Crippen molar-refractivity contribution in [2.24, 2.45) is 0 Å². The van der Waals surface area contributed by atoms with Crippen molar-refractivity contribution in [3.63, 3.8) is 0 Å². The molecule has 0 heterocycles. The third-order valence-electron chi connectivity index (χ3n) is 1.84. The van der Waals surface area contributed by atoms with E-state index in [1.54, 1.807) is 0 Å². The van der Waals surface area contributed by atoms with E-state index >= 15 is 0 Å². The van der Waals surface area contributed by atoms with E-state index < -0.39 is 0 Å². The van der Waals surface area contributed by atoms with Gasteiger partial charge in [-0.2, -0.15) is 0 Å². The highest BCUT2D eigenvalue weighted by Crippen LogP contribution is 2.05. The molecule has 0 nitrogen and oxygen atoms in total. The maximum atomic E-state index is 2.16. The SMILES string of the molecule is CC=C(C)C=CC(C)=C(C)C. The second kappa shape index (κ2) is 4.95. The lowest BCUT2D eigenvalue weighted by atomic mass is 10.1. The first-order chi connectivity index (χ1) is 5.07. The molecule has 0 heteroatoms. The highest BCUT2D eigenvalue weighted by molar-refractivity contribution is 5.27. The number of hydrogen-bond donors (Lipinski definition) is 0. The van der Waals surface area contributed by atoms with Crippen LogP contribution in [0.4, 0.5) is 0 Å². The monoisotopic (exact) mass is 150 g/mol. The van der Waals surface area contributed by atoms with Crippen LogP contribution in [0.3, 0.4) is 0 Å². The summed E-state index contributed by atoms with van der Waals surface area (Å²) in [6.07, 6.45) is 6.40. The van der Waals surface area contributed by atoms with Crippen LogP contribution in [0.25, 0.3) is 0 Å². The molecule has 0 saturated carbocycles. The van der Waals surface area contributed by atoms with Gasteiger partial charge in [-0.1, -0.05) is 34.9 Å². The molecule has 62 valence electrons. The summed E-state index contributed by atoms with van der Waals surface area (Å²) in [5.41, 5.74) is 4.04. The van der Waals surface area contributed by atoms with Gasteiger partial charge in [0.1, 0.15) is 0 Å². The van der Waals surface area contributed by atoms with Crippen molar-refractivity contribution >= 4 is 0 Å². The molecule has 0 rings (SSSR count). The Bertz CT molecular complexity index is 198. The summed E-state index contributed by atoms with van der Waals surface area (Å²) < 4.78 is 0. The maximum absolute atomic E-state index is 2.16. The number of allylic oxidation sites excluding steroid dienone is 6. The van der Waals surface area contributed by atoms with Crippen LogP contribution >= 0.6 is 0 Å². The van der Waals surface area contributed by atoms with Crippen LogP contribution in [-0.2, 0) is 0 Å². The van der Waals surface area contributed by atoms with Crippen LogP contribution in [0, 0.1) is 0 Å². The average molecular weight is 150 g/mol. The van der Waals surface area contributed by atoms with Gasteiger partial charge in [0.05, 0.1) is 0 Å². The highest BCUT2D eigenvalue weighted by Gasteiger charge is 1.84. The van der Waals surface area contributed by atoms with Gasteiger partial charge in [-0.15, -0.1) is 0 Å². The van der Waals surface area contributed by atoms with E-state index in [2.05, 4.69) is 52.8 Å². The number of hydrogen-bond acceptors (Lipinski definition) is 0. The normalized spacial score (nSPS) is 12.3. The van der Waals surface area contributed by atoms with Crippen molar-refractivity contribution in [2.75, 3.05) is 0 Å². The molecule has 0 aliphatic carbocycles. The first kappa shape index (κ1) is 10.2. The molecule has 0 aliphatic heterocycles. The quantitative estimate of drug-likeness (QED) is 0.524. The van der Waals surface area contributed by atoms with Gasteiger partial charge in [0.25, 0.3) is 0 Å². The minimum absolute atomic E-state index is 1.31. The molecule has 0 N–H and O–H groups in total. The minimum Gasteiger partial charge on any atom is -0.0847 e. The Balaban J connectivity index is 4.27. The molecule has 0 saturated heterocycles. The Hall–Kier alpha value is -0.780. The van der Waals surface area contributed by atoms with Crippen LogP contribution in [0.5, 0.6) is 0 Å². The van der Waals surface area contributed by atoms with Crippen molar-refractivity contribution in [2.45, 2.75) is 34.6 Å². The van der Waals surface area contributed by atoms with Gasteiger partial charge < -0.3 is 0 Å². The van der Waals surface area contributed by atoms with E-state index in [1.165, 1.54) is 16.7 Å². The largest absolute Gasteiger partial charge is 0.0847 e. The van der Waals surface area contributed by atoms with Gasteiger partial charge in [-0.3, -0.25) is 0 Å². The molecule has 0 radical (unpaired) electrons. The van der Waals surface area contributed by atoms with E-state index in [9.17, 15) is 0 Å². The van der Waals surface area contributed by atoms with Crippen LogP contribution in [-0.4, -0.2) is 0 Å². The third-order valence-corrected chi connectivity index (χ3v) is 1.84. The molecule has 0 aliphatic rings. The summed E-state index contributed by atoms with van der Waals surface area (Å²) >= 11 is 0. The molecule has 0 spiro atoms. The summed E-state index contributed by atoms with van der Waals surface area (Å²) in [4.78, 5) is 0. The van der Waals surface area contributed by atoms with Gasteiger partial charge in [0, 0.05) is 0 Å². The van der Waals surface area contributed by atoms with Crippen molar-refractivity contribution in [1.82, 2.24) is 0 Å². The third kappa shape index (κ3) is 4.60. The van der Waals surface area contributed by atoms with Crippen LogP contribution in [0.1, 0.15) is 34.6 Å². The molecular weight excluding hydrogens is 132 g/mol. The fourth-order valence-corrected chi connectivity index (χ4v) is 0.519. The van der Waals surface area contributed by atoms with Crippen molar-refractivity contribution < 1.29 is 0 Å². The Labute approximate surface area is 70.3 Å². The Morgan fingerprint density at radius 3 is 1.82 bits per heavy atom. The lowest BCUT2D eigenvalue weighted by Crippen LogP contribution is -1.73. The average Bonchev–Trinajstić information content (AvgIpc) is 1.99. The summed E-state index contributed by atoms with van der Waals surface area (Å²) in [5, 5.41) is 0. The standard InChI is InChI=1S/C11H18/c1-6-10(4)7-8-11(5)9(2)3/h6-8H,1-5H3. The summed E-state index contributed by atoms with van der Waals surface area (Å²) in [6, 6.07) is 0.